The van der Waals surface area contributed by atoms with Crippen molar-refractivity contribution < 1.29 is 9.53 Å². The molecule has 2 aromatic carbocycles. The highest BCUT2D eigenvalue weighted by Crippen LogP contribution is 2.18. The summed E-state index contributed by atoms with van der Waals surface area (Å²) < 4.78 is 8.15. The molecule has 0 bridgehead atoms. The minimum atomic E-state index is -0.00245. The Labute approximate surface area is 173 Å². The Morgan fingerprint density at radius 3 is 2.62 bits per heavy atom. The van der Waals surface area contributed by atoms with E-state index in [1.54, 1.807) is 0 Å². The number of carbonyl (C=O) groups excluding carboxylic acids is 1. The van der Waals surface area contributed by atoms with E-state index in [4.69, 9.17) is 9.72 Å². The Hall–Kier alpha value is -2.82. The number of nitrogens with zero attached hydrogens (tertiary/aromatic N) is 2. The van der Waals surface area contributed by atoms with E-state index >= 15 is 0 Å². The molecule has 0 atom stereocenters. The van der Waals surface area contributed by atoms with E-state index in [0.29, 0.717) is 19.6 Å². The lowest BCUT2D eigenvalue weighted by atomic mass is 10.2. The van der Waals surface area contributed by atoms with Crippen molar-refractivity contribution in [2.24, 2.45) is 5.92 Å². The summed E-state index contributed by atoms with van der Waals surface area (Å²) in [5.41, 5.74) is 3.44. The molecule has 29 heavy (non-hydrogen) atoms. The second kappa shape index (κ2) is 10.1. The van der Waals surface area contributed by atoms with Crippen LogP contribution in [0.15, 0.2) is 48.5 Å². The highest BCUT2D eigenvalue weighted by Gasteiger charge is 2.11. The van der Waals surface area contributed by atoms with Crippen molar-refractivity contribution in [2.45, 2.75) is 46.6 Å². The molecule has 1 aromatic heterocycles. The maximum atomic E-state index is 11.8. The number of nitrogens with one attached hydrogen (secondary N) is 1. The van der Waals surface area contributed by atoms with Gasteiger partial charge in [0.2, 0.25) is 5.91 Å². The molecule has 5 heteroatoms. The van der Waals surface area contributed by atoms with Crippen LogP contribution in [0.1, 0.15) is 38.6 Å². The number of para-hydroxylation sites is 2. The Morgan fingerprint density at radius 1 is 1.14 bits per heavy atom. The van der Waals surface area contributed by atoms with Crippen LogP contribution in [0.25, 0.3) is 11.0 Å². The molecular weight excluding hydrogens is 362 g/mol. The van der Waals surface area contributed by atoms with Gasteiger partial charge in [-0.25, -0.2) is 4.98 Å². The van der Waals surface area contributed by atoms with Gasteiger partial charge in [-0.15, -0.1) is 0 Å². The number of imidazole rings is 1. The van der Waals surface area contributed by atoms with Gasteiger partial charge >= 0.3 is 0 Å². The smallest absolute Gasteiger partial charge is 0.222 e. The first-order valence-corrected chi connectivity index (χ1v) is 10.5. The predicted molar refractivity (Wildman–Crippen MR) is 117 cm³/mol. The van der Waals surface area contributed by atoms with E-state index in [1.165, 1.54) is 5.56 Å². The number of ether oxygens (including phenoxy) is 1. The largest absolute Gasteiger partial charge is 0.494 e. The monoisotopic (exact) mass is 393 g/mol. The van der Waals surface area contributed by atoms with Gasteiger partial charge in [0.1, 0.15) is 11.6 Å². The summed E-state index contributed by atoms with van der Waals surface area (Å²) >= 11 is 0. The van der Waals surface area contributed by atoms with Crippen molar-refractivity contribution in [3.05, 3.63) is 59.9 Å². The van der Waals surface area contributed by atoms with E-state index in [2.05, 4.69) is 35.0 Å². The van der Waals surface area contributed by atoms with E-state index in [0.717, 1.165) is 42.0 Å². The molecule has 0 unspecified atom stereocenters. The molecular formula is C24H31N3O2. The molecule has 1 N–H and O–H groups in total. The summed E-state index contributed by atoms with van der Waals surface area (Å²) in [5.74, 6) is 1.99. The fourth-order valence-corrected chi connectivity index (χ4v) is 3.30. The van der Waals surface area contributed by atoms with Crippen LogP contribution < -0.4 is 10.1 Å². The maximum Gasteiger partial charge on any atom is 0.222 e. The average Bonchev–Trinajstić information content (AvgIpc) is 3.09. The van der Waals surface area contributed by atoms with Crippen LogP contribution in [0.3, 0.4) is 0 Å². The summed E-state index contributed by atoms with van der Waals surface area (Å²) in [4.78, 5) is 16.6. The maximum absolute atomic E-state index is 11.8. The Balaban J connectivity index is 1.60. The van der Waals surface area contributed by atoms with Gasteiger partial charge in [-0.1, -0.05) is 45.0 Å². The number of amides is 1. The van der Waals surface area contributed by atoms with Gasteiger partial charge in [-0.3, -0.25) is 4.79 Å². The molecule has 1 heterocycles. The molecule has 0 saturated heterocycles. The van der Waals surface area contributed by atoms with Crippen molar-refractivity contribution in [1.29, 1.82) is 0 Å². The molecule has 5 nitrogen and oxygen atoms in total. The number of benzene rings is 2. The zero-order chi connectivity index (χ0) is 20.6. The van der Waals surface area contributed by atoms with Crippen LogP contribution in [0.4, 0.5) is 0 Å². The van der Waals surface area contributed by atoms with Crippen LogP contribution in [0, 0.1) is 5.92 Å². The fourth-order valence-electron chi connectivity index (χ4n) is 3.30. The first-order chi connectivity index (χ1) is 14.1. The first-order valence-electron chi connectivity index (χ1n) is 10.5. The molecule has 0 saturated carbocycles. The third kappa shape index (κ3) is 5.59. The van der Waals surface area contributed by atoms with Crippen molar-refractivity contribution in [2.75, 3.05) is 13.2 Å². The van der Waals surface area contributed by atoms with Crippen LogP contribution in [-0.2, 0) is 24.2 Å². The number of aromatic nitrogens is 2. The summed E-state index contributed by atoms with van der Waals surface area (Å²) in [6.45, 7) is 8.04. The van der Waals surface area contributed by atoms with Crippen molar-refractivity contribution >= 4 is 16.9 Å². The second-order valence-electron chi connectivity index (χ2n) is 7.56. The van der Waals surface area contributed by atoms with Crippen molar-refractivity contribution in [3.63, 3.8) is 0 Å². The third-order valence-electron chi connectivity index (χ3n) is 5.03. The number of fused-ring (bicyclic) bond motifs is 1. The number of aryl methyl sites for hydroxylation is 2. The molecule has 0 radical (unpaired) electrons. The van der Waals surface area contributed by atoms with Crippen molar-refractivity contribution in [1.82, 2.24) is 14.9 Å². The standard InChI is InChI=1S/C24H31N3O2/c1-4-19-10-12-20(13-11-19)29-17-7-16-27-22-9-6-5-8-21(22)26-23(27)14-15-25-24(28)18(2)3/h5-6,8-13,18H,4,7,14-17H2,1-3H3,(H,25,28). The predicted octanol–water partition coefficient (Wildman–Crippen LogP) is 4.38. The molecule has 1 amide bonds. The number of hydrogen-bond acceptors (Lipinski definition) is 3. The highest BCUT2D eigenvalue weighted by atomic mass is 16.5. The lowest BCUT2D eigenvalue weighted by Gasteiger charge is -2.12. The summed E-state index contributed by atoms with van der Waals surface area (Å²) in [7, 11) is 0. The number of rotatable bonds is 10. The van der Waals surface area contributed by atoms with Gasteiger partial charge in [0.05, 0.1) is 17.6 Å². The van der Waals surface area contributed by atoms with Gasteiger partial charge in [-0.2, -0.15) is 0 Å². The lowest BCUT2D eigenvalue weighted by molar-refractivity contribution is -0.123. The second-order valence-corrected chi connectivity index (χ2v) is 7.56. The zero-order valence-corrected chi connectivity index (χ0v) is 17.6. The van der Waals surface area contributed by atoms with Crippen molar-refractivity contribution in [3.8, 4) is 5.75 Å². The third-order valence-corrected chi connectivity index (χ3v) is 5.03. The summed E-state index contributed by atoms with van der Waals surface area (Å²) in [6.07, 6.45) is 2.64. The normalized spacial score (nSPS) is 11.2. The van der Waals surface area contributed by atoms with Gasteiger partial charge < -0.3 is 14.6 Å². The molecule has 0 aliphatic rings. The van der Waals surface area contributed by atoms with Crippen LogP contribution in [0.5, 0.6) is 5.75 Å². The van der Waals surface area contributed by atoms with E-state index < -0.39 is 0 Å². The van der Waals surface area contributed by atoms with Gasteiger partial charge in [0.25, 0.3) is 0 Å². The minimum absolute atomic E-state index is 0.00245. The topological polar surface area (TPSA) is 56.1 Å². The molecule has 0 aliphatic carbocycles. The highest BCUT2D eigenvalue weighted by molar-refractivity contribution is 5.78. The molecule has 0 aliphatic heterocycles. The quantitative estimate of drug-likeness (QED) is 0.520. The Bertz CT molecular complexity index is 929. The van der Waals surface area contributed by atoms with Gasteiger partial charge in [-0.05, 0) is 42.7 Å². The Morgan fingerprint density at radius 2 is 1.90 bits per heavy atom. The molecule has 3 rings (SSSR count). The van der Waals surface area contributed by atoms with Crippen LogP contribution in [0.2, 0.25) is 0 Å². The van der Waals surface area contributed by atoms with Gasteiger partial charge in [0.15, 0.2) is 0 Å². The molecule has 3 aromatic rings. The molecule has 0 spiro atoms. The van der Waals surface area contributed by atoms with E-state index in [-0.39, 0.29) is 11.8 Å². The summed E-state index contributed by atoms with van der Waals surface area (Å²) in [6, 6.07) is 16.5. The van der Waals surface area contributed by atoms with Gasteiger partial charge in [0, 0.05) is 25.4 Å². The van der Waals surface area contributed by atoms with E-state index in [9.17, 15) is 4.79 Å². The SMILES string of the molecule is CCc1ccc(OCCCn2c(CCNC(=O)C(C)C)nc3ccccc32)cc1. The minimum Gasteiger partial charge on any atom is -0.494 e. The Kier molecular flexibility index (Phi) is 7.28. The van der Waals surface area contributed by atoms with Crippen LogP contribution >= 0.6 is 0 Å². The lowest BCUT2D eigenvalue weighted by Crippen LogP contribution is -2.30. The molecule has 0 fully saturated rings. The molecule has 154 valence electrons. The zero-order valence-electron chi connectivity index (χ0n) is 17.6. The van der Waals surface area contributed by atoms with E-state index in [1.807, 2.05) is 44.2 Å². The van der Waals surface area contributed by atoms with Crippen LogP contribution in [-0.4, -0.2) is 28.6 Å². The average molecular weight is 394 g/mol. The summed E-state index contributed by atoms with van der Waals surface area (Å²) in [5, 5.41) is 2.98. The fraction of sp³-hybridized carbons (Fsp3) is 0.417. The number of hydrogen-bond donors (Lipinski definition) is 1. The first kappa shape index (κ1) is 20.9. The number of carbonyl (C=O) groups is 1.